The van der Waals surface area contributed by atoms with Crippen LogP contribution in [0.3, 0.4) is 0 Å². The molecule has 2 N–H and O–H groups in total. The summed E-state index contributed by atoms with van der Waals surface area (Å²) in [5.41, 5.74) is 3.16. The Balaban J connectivity index is 1.07. The van der Waals surface area contributed by atoms with Crippen LogP contribution in [0, 0.1) is 24.2 Å². The van der Waals surface area contributed by atoms with E-state index in [4.69, 9.17) is 9.47 Å². The van der Waals surface area contributed by atoms with Crippen molar-refractivity contribution in [1.29, 1.82) is 5.26 Å². The van der Waals surface area contributed by atoms with Gasteiger partial charge < -0.3 is 25.0 Å². The number of hydrogen-bond acceptors (Lipinski definition) is 8. The summed E-state index contributed by atoms with van der Waals surface area (Å²) in [5.74, 6) is 1.62. The Morgan fingerprint density at radius 2 is 1.94 bits per heavy atom. The number of nitrogens with zero attached hydrogens (tertiary/aromatic N) is 4. The van der Waals surface area contributed by atoms with Gasteiger partial charge in [-0.2, -0.15) is 5.26 Å². The standard InChI is InChI=1S/C35H34N6O5S/c1-20-16-24(46-28-8-4-3-7-27(28)45-2)11-12-25(20)41-26-13-14-37-33-29(26)30(39-35(41)44)31(47-33)32(42)38-23-6-5-15-40(19-23)34(43)22(18-36)17-21-9-10-21/h3-4,7-8,11-14,16-17,21,23,30-31H,5-6,9-10,15,19H2,1-2H3,(H,38,42)(H,39,44)/b22-17+. The molecule has 12 heteroatoms. The second-order valence-corrected chi connectivity index (χ2v) is 13.3. The highest BCUT2D eigenvalue weighted by Crippen LogP contribution is 2.51. The lowest BCUT2D eigenvalue weighted by Gasteiger charge is -2.36. The van der Waals surface area contributed by atoms with E-state index in [-0.39, 0.29) is 29.5 Å². The molecular formula is C35H34N6O5S. The molecule has 1 saturated heterocycles. The molecule has 1 saturated carbocycles. The highest BCUT2D eigenvalue weighted by molar-refractivity contribution is 8.01. The minimum absolute atomic E-state index is 0.183. The van der Waals surface area contributed by atoms with Gasteiger partial charge >= 0.3 is 6.03 Å². The number of aryl methyl sites for hydroxylation is 1. The number of rotatable bonds is 8. The molecule has 4 amide bonds. The number of aromatic nitrogens is 1. The number of carbonyl (C=O) groups excluding carboxylic acids is 3. The highest BCUT2D eigenvalue weighted by atomic mass is 32.2. The molecule has 47 heavy (non-hydrogen) atoms. The molecule has 3 aliphatic heterocycles. The summed E-state index contributed by atoms with van der Waals surface area (Å²) in [6.45, 7) is 2.80. The van der Waals surface area contributed by atoms with Crippen molar-refractivity contribution in [2.75, 3.05) is 25.1 Å². The third-order valence-electron chi connectivity index (χ3n) is 8.90. The first-order valence-corrected chi connectivity index (χ1v) is 16.6. The van der Waals surface area contributed by atoms with Crippen LogP contribution >= 0.6 is 11.8 Å². The molecular weight excluding hydrogens is 616 g/mol. The molecule has 1 aliphatic carbocycles. The number of anilines is 2. The fourth-order valence-corrected chi connectivity index (χ4v) is 7.66. The smallest absolute Gasteiger partial charge is 0.327 e. The first kappa shape index (κ1) is 30.6. The quantitative estimate of drug-likeness (QED) is 0.240. The van der Waals surface area contributed by atoms with Gasteiger partial charge in [0, 0.05) is 30.9 Å². The topological polar surface area (TPSA) is 137 Å². The number of pyridine rings is 1. The Kier molecular flexibility index (Phi) is 8.24. The first-order chi connectivity index (χ1) is 22.8. The van der Waals surface area contributed by atoms with Crippen LogP contribution in [0.25, 0.3) is 0 Å². The summed E-state index contributed by atoms with van der Waals surface area (Å²) in [7, 11) is 1.59. The Labute approximate surface area is 276 Å². The molecule has 1 aromatic heterocycles. The second-order valence-electron chi connectivity index (χ2n) is 12.2. The van der Waals surface area contributed by atoms with Gasteiger partial charge in [0.2, 0.25) is 5.91 Å². The molecule has 4 aliphatic rings. The highest BCUT2D eigenvalue weighted by Gasteiger charge is 2.47. The molecule has 0 radical (unpaired) electrons. The van der Waals surface area contributed by atoms with Gasteiger partial charge in [0.05, 0.1) is 24.5 Å². The van der Waals surface area contributed by atoms with Crippen molar-refractivity contribution < 1.29 is 23.9 Å². The van der Waals surface area contributed by atoms with Crippen LogP contribution in [-0.2, 0) is 9.59 Å². The van der Waals surface area contributed by atoms with Gasteiger partial charge in [0.15, 0.2) is 11.5 Å². The van der Waals surface area contributed by atoms with Gasteiger partial charge in [-0.25, -0.2) is 9.78 Å². The van der Waals surface area contributed by atoms with E-state index in [1.54, 1.807) is 41.3 Å². The normalized spacial score (nSPS) is 21.8. The van der Waals surface area contributed by atoms with Gasteiger partial charge in [-0.3, -0.25) is 14.5 Å². The number of methoxy groups -OCH3 is 1. The zero-order valence-electron chi connectivity index (χ0n) is 26.1. The average molecular weight is 651 g/mol. The number of ether oxygens (including phenoxy) is 2. The molecule has 3 atom stereocenters. The van der Waals surface area contributed by atoms with E-state index in [0.29, 0.717) is 52.7 Å². The second kappa shape index (κ2) is 12.6. The van der Waals surface area contributed by atoms with Gasteiger partial charge in [-0.05, 0) is 80.5 Å². The summed E-state index contributed by atoms with van der Waals surface area (Å²) in [6, 6.07) is 15.6. The maximum absolute atomic E-state index is 13.7. The lowest BCUT2D eigenvalue weighted by Crippen LogP contribution is -2.54. The van der Waals surface area contributed by atoms with E-state index < -0.39 is 11.3 Å². The van der Waals surface area contributed by atoms with E-state index >= 15 is 0 Å². The summed E-state index contributed by atoms with van der Waals surface area (Å²) in [5, 5.41) is 15.8. The average Bonchev–Trinajstić information content (AvgIpc) is 3.83. The van der Waals surface area contributed by atoms with Gasteiger partial charge in [0.1, 0.15) is 27.7 Å². The molecule has 11 nitrogen and oxygen atoms in total. The van der Waals surface area contributed by atoms with Crippen LogP contribution in [0.1, 0.15) is 42.9 Å². The number of para-hydroxylation sites is 2. The van der Waals surface area contributed by atoms with Crippen molar-refractivity contribution in [3.8, 4) is 23.3 Å². The molecule has 0 bridgehead atoms. The van der Waals surface area contributed by atoms with Crippen molar-refractivity contribution >= 4 is 41.0 Å². The number of allylic oxidation sites excluding steroid dienone is 1. The number of amides is 4. The van der Waals surface area contributed by atoms with Crippen molar-refractivity contribution in [2.45, 2.75) is 55.0 Å². The van der Waals surface area contributed by atoms with E-state index in [9.17, 15) is 19.6 Å². The number of urea groups is 1. The minimum Gasteiger partial charge on any atom is -0.493 e. The van der Waals surface area contributed by atoms with E-state index in [1.807, 2.05) is 43.3 Å². The molecule has 3 unspecified atom stereocenters. The van der Waals surface area contributed by atoms with Crippen molar-refractivity contribution in [3.63, 3.8) is 0 Å². The molecule has 3 aromatic rings. The lowest BCUT2D eigenvalue weighted by atomic mass is 9.98. The zero-order valence-corrected chi connectivity index (χ0v) is 26.9. The number of nitrogens with one attached hydrogen (secondary N) is 2. The van der Waals surface area contributed by atoms with Gasteiger partial charge in [-0.15, -0.1) is 0 Å². The third kappa shape index (κ3) is 5.99. The predicted octanol–water partition coefficient (Wildman–Crippen LogP) is 5.53. The maximum atomic E-state index is 13.7. The summed E-state index contributed by atoms with van der Waals surface area (Å²) in [4.78, 5) is 48.4. The number of nitriles is 1. The number of carbonyl (C=O) groups is 3. The predicted molar refractivity (Wildman–Crippen MR) is 176 cm³/mol. The number of thioether (sulfide) groups is 1. The van der Waals surface area contributed by atoms with Crippen LogP contribution in [0.2, 0.25) is 0 Å². The Bertz CT molecular complexity index is 1840. The van der Waals surface area contributed by atoms with Gasteiger partial charge in [0.25, 0.3) is 5.91 Å². The minimum atomic E-state index is -0.627. The fraction of sp³-hybridized carbons (Fsp3) is 0.343. The molecule has 4 heterocycles. The van der Waals surface area contributed by atoms with Crippen LogP contribution in [-0.4, -0.2) is 59.2 Å². The summed E-state index contributed by atoms with van der Waals surface area (Å²) < 4.78 is 11.5. The van der Waals surface area contributed by atoms with Crippen molar-refractivity contribution in [1.82, 2.24) is 20.5 Å². The molecule has 2 fully saturated rings. The Morgan fingerprint density at radius 3 is 2.68 bits per heavy atom. The van der Waals surface area contributed by atoms with Crippen LogP contribution in [0.4, 0.5) is 16.2 Å². The molecule has 2 aromatic carbocycles. The Morgan fingerprint density at radius 1 is 1.13 bits per heavy atom. The number of benzene rings is 2. The van der Waals surface area contributed by atoms with Crippen LogP contribution < -0.4 is 25.0 Å². The van der Waals surface area contributed by atoms with E-state index in [0.717, 1.165) is 36.8 Å². The van der Waals surface area contributed by atoms with Crippen molar-refractivity contribution in [3.05, 3.63) is 77.5 Å². The molecule has 240 valence electrons. The van der Waals surface area contributed by atoms with E-state index in [2.05, 4.69) is 21.7 Å². The van der Waals surface area contributed by atoms with Crippen molar-refractivity contribution in [2.24, 2.45) is 5.92 Å². The lowest BCUT2D eigenvalue weighted by molar-refractivity contribution is -0.129. The van der Waals surface area contributed by atoms with Crippen LogP contribution in [0.5, 0.6) is 17.2 Å². The summed E-state index contributed by atoms with van der Waals surface area (Å²) >= 11 is 1.33. The molecule has 0 spiro atoms. The number of hydrogen-bond donors (Lipinski definition) is 2. The maximum Gasteiger partial charge on any atom is 0.327 e. The van der Waals surface area contributed by atoms with Crippen LogP contribution in [0.15, 0.2) is 71.4 Å². The Hall–Kier alpha value is -5.02. The summed E-state index contributed by atoms with van der Waals surface area (Å²) in [6.07, 6.45) is 6.90. The van der Waals surface area contributed by atoms with E-state index in [1.165, 1.54) is 11.8 Å². The first-order valence-electron chi connectivity index (χ1n) is 15.7. The monoisotopic (exact) mass is 650 g/mol. The molecule has 7 rings (SSSR count). The SMILES string of the molecule is COc1ccccc1Oc1ccc(N2C(=O)NC3c4c2ccnc4SC3C(=O)NC2CCCN(C(=O)/C(C#N)=C/C3CC3)C2)c(C)c1. The zero-order chi connectivity index (χ0) is 32.7. The largest absolute Gasteiger partial charge is 0.493 e. The van der Waals surface area contributed by atoms with Gasteiger partial charge in [-0.1, -0.05) is 30.0 Å². The number of piperidine rings is 1. The third-order valence-corrected chi connectivity index (χ3v) is 10.2. The number of likely N-dealkylation sites (tertiary alicyclic amines) is 1. The fourth-order valence-electron chi connectivity index (χ4n) is 6.42.